The van der Waals surface area contributed by atoms with E-state index in [-0.39, 0.29) is 13.2 Å². The van der Waals surface area contributed by atoms with Crippen molar-refractivity contribution in [3.05, 3.63) is 53.8 Å². The molecule has 4 aromatic heterocycles. The zero-order chi connectivity index (χ0) is 21.0. The van der Waals surface area contributed by atoms with E-state index in [4.69, 9.17) is 9.47 Å². The molecule has 0 atom stereocenters. The summed E-state index contributed by atoms with van der Waals surface area (Å²) in [4.78, 5) is 17.0. The molecule has 31 heavy (non-hydrogen) atoms. The Labute approximate surface area is 190 Å². The van der Waals surface area contributed by atoms with Crippen LogP contribution in [-0.2, 0) is 0 Å². The molecule has 1 N–H and O–H groups in total. The quantitative estimate of drug-likeness (QED) is 0.270. The molecule has 1 aliphatic carbocycles. The lowest BCUT2D eigenvalue weighted by atomic mass is 10.1. The monoisotopic (exact) mass is 499 g/mol. The van der Waals surface area contributed by atoms with Gasteiger partial charge in [0.2, 0.25) is 5.88 Å². The Kier molecular flexibility index (Phi) is 5.85. The van der Waals surface area contributed by atoms with E-state index in [0.717, 1.165) is 21.1 Å². The number of fused-ring (bicyclic) bond motifs is 1. The number of pyridine rings is 1. The third-order valence-electron chi connectivity index (χ3n) is 4.49. The first kappa shape index (κ1) is 20.0. The maximum absolute atomic E-state index is 5.97. The molecule has 0 bridgehead atoms. The van der Waals surface area contributed by atoms with Crippen LogP contribution in [0.1, 0.15) is 12.8 Å². The SMILES string of the molecule is Brc1cnc(OCCOc2ncnc(NSC3CC3)c2-c2ccc3ccnn3c2)nc1. The normalized spacial score (nSPS) is 13.3. The number of halogens is 1. The van der Waals surface area contributed by atoms with Crippen molar-refractivity contribution in [1.29, 1.82) is 0 Å². The molecule has 0 radical (unpaired) electrons. The van der Waals surface area contributed by atoms with Crippen LogP contribution in [0.3, 0.4) is 0 Å². The molecule has 0 amide bonds. The van der Waals surface area contributed by atoms with Crippen molar-refractivity contribution >= 4 is 39.2 Å². The fraction of sp³-hybridized carbons (Fsp3) is 0.250. The number of ether oxygens (including phenoxy) is 2. The summed E-state index contributed by atoms with van der Waals surface area (Å²) in [6, 6.07) is 6.26. The van der Waals surface area contributed by atoms with Crippen LogP contribution >= 0.6 is 27.9 Å². The van der Waals surface area contributed by atoms with E-state index in [1.807, 2.05) is 28.9 Å². The number of hydrogen-bond acceptors (Lipinski definition) is 9. The summed E-state index contributed by atoms with van der Waals surface area (Å²) in [7, 11) is 0. The molecule has 4 heterocycles. The first-order valence-electron chi connectivity index (χ1n) is 9.70. The Morgan fingerprint density at radius 3 is 2.74 bits per heavy atom. The van der Waals surface area contributed by atoms with E-state index in [2.05, 4.69) is 45.7 Å². The van der Waals surface area contributed by atoms with Gasteiger partial charge in [0.15, 0.2) is 5.82 Å². The Hall–Kier alpha value is -2.92. The highest BCUT2D eigenvalue weighted by Gasteiger charge is 2.24. The molecular formula is C20H18BrN7O2S. The van der Waals surface area contributed by atoms with Crippen LogP contribution in [-0.4, -0.2) is 48.0 Å². The number of aromatic nitrogens is 6. The van der Waals surface area contributed by atoms with Gasteiger partial charge in [0, 0.05) is 35.6 Å². The molecular weight excluding hydrogens is 482 g/mol. The number of anilines is 1. The highest BCUT2D eigenvalue weighted by molar-refractivity contribution is 9.10. The predicted octanol–water partition coefficient (Wildman–Crippen LogP) is 4.02. The summed E-state index contributed by atoms with van der Waals surface area (Å²) in [5.41, 5.74) is 2.70. The summed E-state index contributed by atoms with van der Waals surface area (Å²) in [5, 5.41) is 4.96. The lowest BCUT2D eigenvalue weighted by molar-refractivity contribution is 0.202. The highest BCUT2D eigenvalue weighted by atomic mass is 79.9. The molecule has 1 saturated carbocycles. The molecule has 0 aliphatic heterocycles. The third kappa shape index (κ3) is 4.88. The fourth-order valence-electron chi connectivity index (χ4n) is 2.85. The summed E-state index contributed by atoms with van der Waals surface area (Å²) in [6.07, 6.45) is 10.9. The van der Waals surface area contributed by atoms with E-state index >= 15 is 0 Å². The van der Waals surface area contributed by atoms with Crippen LogP contribution in [0, 0.1) is 0 Å². The van der Waals surface area contributed by atoms with E-state index < -0.39 is 0 Å². The molecule has 5 rings (SSSR count). The smallest absolute Gasteiger partial charge is 0.316 e. The van der Waals surface area contributed by atoms with Gasteiger partial charge in [-0.25, -0.2) is 24.5 Å². The summed E-state index contributed by atoms with van der Waals surface area (Å²) in [6.45, 7) is 0.561. The molecule has 0 spiro atoms. The Morgan fingerprint density at radius 2 is 1.90 bits per heavy atom. The van der Waals surface area contributed by atoms with Crippen molar-refractivity contribution in [1.82, 2.24) is 29.5 Å². The number of hydrogen-bond donors (Lipinski definition) is 1. The van der Waals surface area contributed by atoms with Gasteiger partial charge < -0.3 is 14.2 Å². The second-order valence-electron chi connectivity index (χ2n) is 6.82. The zero-order valence-corrected chi connectivity index (χ0v) is 18.7. The minimum atomic E-state index is 0.280. The van der Waals surface area contributed by atoms with Crippen LogP contribution in [0.2, 0.25) is 0 Å². The predicted molar refractivity (Wildman–Crippen MR) is 121 cm³/mol. The lowest BCUT2D eigenvalue weighted by Gasteiger charge is -2.15. The molecule has 158 valence electrons. The molecule has 11 heteroatoms. The van der Waals surface area contributed by atoms with Gasteiger partial charge in [-0.05, 0) is 52.9 Å². The molecule has 1 aliphatic rings. The van der Waals surface area contributed by atoms with Crippen LogP contribution in [0.5, 0.6) is 11.9 Å². The Bertz CT molecular complexity index is 1180. The Morgan fingerprint density at radius 1 is 1.06 bits per heavy atom. The second kappa shape index (κ2) is 9.06. The van der Waals surface area contributed by atoms with E-state index in [1.54, 1.807) is 30.5 Å². The Balaban J connectivity index is 1.36. The van der Waals surface area contributed by atoms with Crippen molar-refractivity contribution < 1.29 is 9.47 Å². The number of nitrogens with one attached hydrogen (secondary N) is 1. The average molecular weight is 500 g/mol. The van der Waals surface area contributed by atoms with Crippen molar-refractivity contribution in [2.45, 2.75) is 18.1 Å². The zero-order valence-electron chi connectivity index (χ0n) is 16.3. The van der Waals surface area contributed by atoms with E-state index in [0.29, 0.717) is 23.0 Å². The van der Waals surface area contributed by atoms with Crippen LogP contribution in [0.4, 0.5) is 5.82 Å². The van der Waals surface area contributed by atoms with Crippen molar-refractivity contribution in [2.24, 2.45) is 0 Å². The van der Waals surface area contributed by atoms with E-state index in [9.17, 15) is 0 Å². The van der Waals surface area contributed by atoms with Crippen LogP contribution < -0.4 is 14.2 Å². The van der Waals surface area contributed by atoms with Gasteiger partial charge in [-0.2, -0.15) is 5.10 Å². The van der Waals surface area contributed by atoms with Gasteiger partial charge >= 0.3 is 6.01 Å². The second-order valence-corrected chi connectivity index (χ2v) is 8.84. The lowest BCUT2D eigenvalue weighted by Crippen LogP contribution is -2.12. The van der Waals surface area contributed by atoms with Gasteiger partial charge in [0.1, 0.15) is 19.5 Å². The van der Waals surface area contributed by atoms with Gasteiger partial charge in [0.05, 0.1) is 15.6 Å². The van der Waals surface area contributed by atoms with Crippen LogP contribution in [0.25, 0.3) is 16.6 Å². The average Bonchev–Trinajstić information content (AvgIpc) is 3.51. The van der Waals surface area contributed by atoms with Crippen molar-refractivity contribution in [3.63, 3.8) is 0 Å². The molecule has 4 aromatic rings. The molecule has 0 saturated heterocycles. The van der Waals surface area contributed by atoms with Crippen molar-refractivity contribution in [3.8, 4) is 23.0 Å². The molecule has 0 unspecified atom stereocenters. The maximum atomic E-state index is 5.97. The van der Waals surface area contributed by atoms with Gasteiger partial charge in [0.25, 0.3) is 0 Å². The largest absolute Gasteiger partial charge is 0.473 e. The van der Waals surface area contributed by atoms with Gasteiger partial charge in [-0.1, -0.05) is 6.07 Å². The number of rotatable bonds is 9. The maximum Gasteiger partial charge on any atom is 0.316 e. The molecule has 0 aromatic carbocycles. The highest BCUT2D eigenvalue weighted by Crippen LogP contribution is 2.39. The third-order valence-corrected chi connectivity index (χ3v) is 6.02. The fourth-order valence-corrected chi connectivity index (χ4v) is 3.86. The van der Waals surface area contributed by atoms with Gasteiger partial charge in [-0.3, -0.25) is 0 Å². The minimum absolute atomic E-state index is 0.280. The van der Waals surface area contributed by atoms with Crippen molar-refractivity contribution in [2.75, 3.05) is 17.9 Å². The van der Waals surface area contributed by atoms with E-state index in [1.165, 1.54) is 19.2 Å². The first-order valence-corrected chi connectivity index (χ1v) is 11.4. The molecule has 9 nitrogen and oxygen atoms in total. The minimum Gasteiger partial charge on any atom is -0.473 e. The number of nitrogens with zero attached hydrogens (tertiary/aromatic N) is 6. The summed E-state index contributed by atoms with van der Waals surface area (Å²) < 4.78 is 17.5. The summed E-state index contributed by atoms with van der Waals surface area (Å²) in [5.74, 6) is 1.19. The first-order chi connectivity index (χ1) is 15.3. The summed E-state index contributed by atoms with van der Waals surface area (Å²) >= 11 is 4.98. The topological polar surface area (TPSA) is 99.3 Å². The van der Waals surface area contributed by atoms with Crippen LogP contribution in [0.15, 0.2) is 53.8 Å². The molecule has 1 fully saturated rings. The van der Waals surface area contributed by atoms with Gasteiger partial charge in [-0.15, -0.1) is 0 Å². The standard InChI is InChI=1S/C20H18BrN7O2S/c21-14-9-22-20(23-10-14)30-8-7-29-19-17(13-1-2-15-5-6-26-28(15)11-13)18(24-12-25-19)27-31-16-3-4-16/h1-2,5-6,9-12,16H,3-4,7-8H2,(H,24,25,27).